The number of carboxylic acids is 1. The molecule has 1 aliphatic rings. The minimum absolute atomic E-state index is 0.0259. The van der Waals surface area contributed by atoms with E-state index >= 15 is 0 Å². The molecule has 1 saturated heterocycles. The first-order valence-electron chi connectivity index (χ1n) is 8.58. The van der Waals surface area contributed by atoms with Crippen LogP contribution in [0.15, 0.2) is 18.2 Å². The fourth-order valence-electron chi connectivity index (χ4n) is 2.80. The van der Waals surface area contributed by atoms with Crippen LogP contribution in [0.1, 0.15) is 33.6 Å². The average Bonchev–Trinajstić information content (AvgIpc) is 3.33. The van der Waals surface area contributed by atoms with Gasteiger partial charge >= 0.3 is 5.97 Å². The van der Waals surface area contributed by atoms with Crippen LogP contribution in [0.4, 0.5) is 14.5 Å². The van der Waals surface area contributed by atoms with E-state index in [0.717, 1.165) is 18.2 Å². The summed E-state index contributed by atoms with van der Waals surface area (Å²) < 4.78 is 32.5. The van der Waals surface area contributed by atoms with Crippen LogP contribution in [-0.4, -0.2) is 40.6 Å². The molecule has 1 fully saturated rings. The molecule has 3 atom stereocenters. The van der Waals surface area contributed by atoms with Gasteiger partial charge in [0.2, 0.25) is 11.5 Å². The van der Waals surface area contributed by atoms with Crippen LogP contribution >= 0.6 is 0 Å². The highest BCUT2D eigenvalue weighted by Crippen LogP contribution is 2.40. The van der Waals surface area contributed by atoms with E-state index in [9.17, 15) is 28.3 Å². The van der Waals surface area contributed by atoms with Gasteiger partial charge in [-0.25, -0.2) is 13.6 Å². The van der Waals surface area contributed by atoms with Crippen molar-refractivity contribution in [2.24, 2.45) is 5.92 Å². The maximum atomic E-state index is 13.7. The molecule has 0 radical (unpaired) electrons. The molecule has 3 N–H and O–H groups in total. The summed E-state index contributed by atoms with van der Waals surface area (Å²) in [5, 5.41) is 13.8. The van der Waals surface area contributed by atoms with E-state index in [1.165, 1.54) is 0 Å². The van der Waals surface area contributed by atoms with Crippen LogP contribution in [0.5, 0.6) is 0 Å². The quantitative estimate of drug-likeness (QED) is 0.595. The third kappa shape index (κ3) is 4.41. The van der Waals surface area contributed by atoms with E-state index < -0.39 is 52.9 Å². The molecule has 0 aromatic heterocycles. The van der Waals surface area contributed by atoms with Crippen molar-refractivity contribution in [2.75, 3.05) is 5.32 Å². The van der Waals surface area contributed by atoms with Gasteiger partial charge in [-0.1, -0.05) is 26.8 Å². The molecule has 0 saturated carbocycles. The molecule has 2 amide bonds. The summed E-state index contributed by atoms with van der Waals surface area (Å²) >= 11 is 0. The molecular weight excluding hydrogens is 362 g/mol. The van der Waals surface area contributed by atoms with Crippen LogP contribution in [0.25, 0.3) is 0 Å². The molecule has 0 bridgehead atoms. The molecule has 0 aliphatic carbocycles. The Morgan fingerprint density at radius 3 is 2.30 bits per heavy atom. The van der Waals surface area contributed by atoms with Gasteiger partial charge in [-0.15, -0.1) is 0 Å². The van der Waals surface area contributed by atoms with Gasteiger partial charge in [0.15, 0.2) is 6.10 Å². The average molecular weight is 384 g/mol. The minimum atomic E-state index is -1.60. The Labute approximate surface area is 155 Å². The minimum Gasteiger partial charge on any atom is -0.479 e. The number of ether oxygens (including phenoxy) is 1. The highest BCUT2D eigenvalue weighted by Gasteiger charge is 2.65. The lowest BCUT2D eigenvalue weighted by Crippen LogP contribution is -2.48. The molecule has 1 heterocycles. The van der Waals surface area contributed by atoms with Crippen LogP contribution in [0.3, 0.4) is 0 Å². The fourth-order valence-corrected chi connectivity index (χ4v) is 2.80. The number of hydrogen-bond acceptors (Lipinski definition) is 4. The molecule has 2 rings (SSSR count). The van der Waals surface area contributed by atoms with Crippen molar-refractivity contribution >= 4 is 23.5 Å². The second-order valence-electron chi connectivity index (χ2n) is 6.82. The molecule has 0 unspecified atom stereocenters. The number of amides is 2. The summed E-state index contributed by atoms with van der Waals surface area (Å²) in [5.74, 6) is -4.74. The Morgan fingerprint density at radius 1 is 1.26 bits per heavy atom. The van der Waals surface area contributed by atoms with Crippen molar-refractivity contribution in [1.82, 2.24) is 5.32 Å². The number of carbonyl (C=O) groups is 3. The number of para-hydroxylation sites is 1. The van der Waals surface area contributed by atoms with E-state index in [-0.39, 0.29) is 18.8 Å². The van der Waals surface area contributed by atoms with Gasteiger partial charge < -0.3 is 20.5 Å². The van der Waals surface area contributed by atoms with Gasteiger partial charge in [0.05, 0.1) is 0 Å². The van der Waals surface area contributed by atoms with Crippen LogP contribution in [-0.2, 0) is 19.1 Å². The van der Waals surface area contributed by atoms with E-state index in [1.54, 1.807) is 20.8 Å². The number of hydrogen-bond donors (Lipinski definition) is 3. The third-order valence-corrected chi connectivity index (χ3v) is 4.37. The molecule has 1 aromatic rings. The zero-order chi connectivity index (χ0) is 20.4. The zero-order valence-electron chi connectivity index (χ0n) is 15.2. The molecular formula is C18H22F2N2O5. The van der Waals surface area contributed by atoms with Crippen LogP contribution in [0, 0.1) is 17.6 Å². The number of halogens is 2. The fraction of sp³-hybridized carbons (Fsp3) is 0.500. The van der Waals surface area contributed by atoms with Crippen molar-refractivity contribution in [3.05, 3.63) is 29.8 Å². The summed E-state index contributed by atoms with van der Waals surface area (Å²) in [6, 6.07) is 2.04. The van der Waals surface area contributed by atoms with E-state index in [0.29, 0.717) is 0 Å². The van der Waals surface area contributed by atoms with Gasteiger partial charge in [0.1, 0.15) is 23.4 Å². The number of nitrogens with one attached hydrogen (secondary N) is 2. The maximum Gasteiger partial charge on any atom is 0.339 e. The van der Waals surface area contributed by atoms with Gasteiger partial charge in [0.25, 0.3) is 5.91 Å². The Morgan fingerprint density at radius 2 is 1.85 bits per heavy atom. The van der Waals surface area contributed by atoms with Crippen LogP contribution in [0.2, 0.25) is 0 Å². The Balaban J connectivity index is 2.12. The summed E-state index contributed by atoms with van der Waals surface area (Å²) in [6.07, 6.45) is -0.943. The zero-order valence-corrected chi connectivity index (χ0v) is 15.2. The SMILES string of the molecule is CC[C@]1(C(=O)O)O[C@@H]1C(=O)N[C@@H](CC(C)C)C(=O)Nc1c(F)cccc1F. The predicted octanol–water partition coefficient (Wildman–Crippen LogP) is 2.07. The Kier molecular flexibility index (Phi) is 6.15. The highest BCUT2D eigenvalue weighted by molar-refractivity contribution is 6.00. The Hall–Kier alpha value is -2.55. The first-order chi connectivity index (χ1) is 12.6. The topological polar surface area (TPSA) is 108 Å². The van der Waals surface area contributed by atoms with E-state index in [1.807, 2.05) is 0 Å². The Bertz CT molecular complexity index is 735. The lowest BCUT2D eigenvalue weighted by molar-refractivity contribution is -0.143. The molecule has 148 valence electrons. The van der Waals surface area contributed by atoms with Crippen molar-refractivity contribution < 1.29 is 33.0 Å². The second kappa shape index (κ2) is 7.99. The lowest BCUT2D eigenvalue weighted by atomic mass is 10.00. The summed E-state index contributed by atoms with van der Waals surface area (Å²) in [7, 11) is 0. The van der Waals surface area contributed by atoms with Crippen molar-refractivity contribution in [2.45, 2.75) is 51.4 Å². The van der Waals surface area contributed by atoms with Gasteiger partial charge in [-0.05, 0) is 30.9 Å². The number of carbonyl (C=O) groups excluding carboxylic acids is 2. The van der Waals surface area contributed by atoms with Crippen LogP contribution < -0.4 is 10.6 Å². The lowest BCUT2D eigenvalue weighted by Gasteiger charge is -2.20. The smallest absolute Gasteiger partial charge is 0.339 e. The third-order valence-electron chi connectivity index (χ3n) is 4.37. The molecule has 0 spiro atoms. The van der Waals surface area contributed by atoms with Crippen molar-refractivity contribution in [3.8, 4) is 0 Å². The molecule has 7 nitrogen and oxygen atoms in total. The number of carboxylic acid groups (broad SMARTS) is 1. The van der Waals surface area contributed by atoms with Gasteiger partial charge in [-0.3, -0.25) is 9.59 Å². The molecule has 1 aliphatic heterocycles. The molecule has 9 heteroatoms. The number of benzene rings is 1. The van der Waals surface area contributed by atoms with E-state index in [2.05, 4.69) is 10.6 Å². The normalized spacial score (nSPS) is 22.2. The summed E-state index contributed by atoms with van der Waals surface area (Å²) in [6.45, 7) is 5.18. The molecule has 1 aromatic carbocycles. The first kappa shape index (κ1) is 20.8. The number of anilines is 1. The first-order valence-corrected chi connectivity index (χ1v) is 8.58. The number of epoxide rings is 1. The van der Waals surface area contributed by atoms with Crippen molar-refractivity contribution in [1.29, 1.82) is 0 Å². The van der Waals surface area contributed by atoms with Gasteiger partial charge in [0, 0.05) is 0 Å². The van der Waals surface area contributed by atoms with Crippen molar-refractivity contribution in [3.63, 3.8) is 0 Å². The predicted molar refractivity (Wildman–Crippen MR) is 91.9 cm³/mol. The van der Waals surface area contributed by atoms with Gasteiger partial charge in [-0.2, -0.15) is 0 Å². The highest BCUT2D eigenvalue weighted by atomic mass is 19.1. The van der Waals surface area contributed by atoms with E-state index in [4.69, 9.17) is 4.74 Å². The standard InChI is InChI=1S/C18H22F2N2O5/c1-4-18(17(25)26)14(27-18)16(24)21-12(8-9(2)3)15(23)22-13-10(19)6-5-7-11(13)20/h5-7,9,12,14H,4,8H2,1-3H3,(H,21,24)(H,22,23)(H,25,26)/t12-,14+,18-/m0/s1. The number of aliphatic carboxylic acids is 1. The maximum absolute atomic E-state index is 13.7. The molecule has 27 heavy (non-hydrogen) atoms. The largest absolute Gasteiger partial charge is 0.479 e. The second-order valence-corrected chi connectivity index (χ2v) is 6.82. The summed E-state index contributed by atoms with van der Waals surface area (Å²) in [4.78, 5) is 36.1. The summed E-state index contributed by atoms with van der Waals surface area (Å²) in [5.41, 5.74) is -2.21. The number of rotatable bonds is 8. The monoisotopic (exact) mass is 384 g/mol.